The number of benzene rings is 5. The van der Waals surface area contributed by atoms with Crippen molar-refractivity contribution in [3.8, 4) is 0 Å². The van der Waals surface area contributed by atoms with Gasteiger partial charge in [-0.25, -0.2) is 0 Å². The van der Waals surface area contributed by atoms with E-state index in [1.54, 1.807) is 0 Å². The molecular formula is C25H24N2. The average Bonchev–Trinajstić information content (AvgIpc) is 2.62. The molecule has 0 amide bonds. The Balaban J connectivity index is 2.26. The Bertz CT molecular complexity index is 1370. The Kier molecular flexibility index (Phi) is 3.02. The van der Waals surface area contributed by atoms with E-state index in [1.165, 1.54) is 43.3 Å². The molecule has 2 nitrogen and oxygen atoms in total. The average molecular weight is 352 g/mol. The Morgan fingerprint density at radius 2 is 1.30 bits per heavy atom. The molecule has 0 saturated heterocycles. The normalized spacial score (nSPS) is 12.7. The summed E-state index contributed by atoms with van der Waals surface area (Å²) in [5.74, 6) is 0. The van der Waals surface area contributed by atoms with Gasteiger partial charge in [-0.05, 0) is 61.8 Å². The van der Waals surface area contributed by atoms with Gasteiger partial charge in [-0.3, -0.25) is 0 Å². The standard InChI is InChI=1S/C25H24N2/c1-13-19-15-9-5-7-14-8-6-10-16(20(14)15)21-18(26)12-11-17(22(19)21)23(24(13)27)25(2,3)4/h5-12H,26-27H2,1-4H3. The fraction of sp³-hybridized carbons (Fsp3) is 0.200. The number of nitrogen functional groups attached to an aromatic ring is 2. The number of fused-ring (bicyclic) bond motifs is 2. The lowest BCUT2D eigenvalue weighted by molar-refractivity contribution is 0.598. The van der Waals surface area contributed by atoms with Crippen molar-refractivity contribution in [2.24, 2.45) is 0 Å². The van der Waals surface area contributed by atoms with Gasteiger partial charge in [0.05, 0.1) is 0 Å². The maximum absolute atomic E-state index is 6.74. The van der Waals surface area contributed by atoms with Gasteiger partial charge in [0.15, 0.2) is 0 Å². The van der Waals surface area contributed by atoms with Gasteiger partial charge in [0.1, 0.15) is 0 Å². The number of nitrogens with two attached hydrogens (primary N) is 2. The van der Waals surface area contributed by atoms with E-state index < -0.39 is 0 Å². The highest BCUT2D eigenvalue weighted by Gasteiger charge is 2.26. The second-order valence-electron chi connectivity index (χ2n) is 8.70. The van der Waals surface area contributed by atoms with Crippen molar-refractivity contribution in [3.63, 3.8) is 0 Å². The van der Waals surface area contributed by atoms with Crippen LogP contribution in [-0.4, -0.2) is 0 Å². The monoisotopic (exact) mass is 352 g/mol. The van der Waals surface area contributed by atoms with Crippen LogP contribution in [0.1, 0.15) is 31.9 Å². The van der Waals surface area contributed by atoms with Crippen molar-refractivity contribution in [1.82, 2.24) is 0 Å². The van der Waals surface area contributed by atoms with Crippen LogP contribution in [0.15, 0.2) is 48.5 Å². The molecule has 5 aromatic rings. The molecule has 0 aliphatic heterocycles. The first-order valence-corrected chi connectivity index (χ1v) is 9.48. The fourth-order valence-electron chi connectivity index (χ4n) is 4.93. The molecule has 4 N–H and O–H groups in total. The van der Waals surface area contributed by atoms with Crippen LogP contribution in [0.25, 0.3) is 43.1 Å². The Labute approximate surface area is 159 Å². The van der Waals surface area contributed by atoms with Crippen LogP contribution in [0, 0.1) is 6.92 Å². The molecule has 0 heterocycles. The molecule has 0 fully saturated rings. The molecule has 0 aromatic heterocycles. The molecule has 0 atom stereocenters. The van der Waals surface area contributed by atoms with Crippen LogP contribution in [0.4, 0.5) is 11.4 Å². The molecule has 0 bridgehead atoms. The highest BCUT2D eigenvalue weighted by atomic mass is 14.6. The van der Waals surface area contributed by atoms with Crippen LogP contribution >= 0.6 is 0 Å². The lowest BCUT2D eigenvalue weighted by atomic mass is 9.77. The quantitative estimate of drug-likeness (QED) is 0.190. The van der Waals surface area contributed by atoms with E-state index in [0.29, 0.717) is 0 Å². The first kappa shape index (κ1) is 16.2. The first-order chi connectivity index (χ1) is 12.8. The number of hydrogen-bond acceptors (Lipinski definition) is 2. The number of hydrogen-bond donors (Lipinski definition) is 2. The summed E-state index contributed by atoms with van der Waals surface area (Å²) in [6.07, 6.45) is 0. The molecule has 2 heteroatoms. The summed E-state index contributed by atoms with van der Waals surface area (Å²) < 4.78 is 0. The predicted molar refractivity (Wildman–Crippen MR) is 120 cm³/mol. The summed E-state index contributed by atoms with van der Waals surface area (Å²) in [5.41, 5.74) is 17.3. The second-order valence-corrected chi connectivity index (χ2v) is 8.70. The Morgan fingerprint density at radius 1 is 0.667 bits per heavy atom. The van der Waals surface area contributed by atoms with Crippen molar-refractivity contribution >= 4 is 54.5 Å². The molecule has 134 valence electrons. The minimum atomic E-state index is -0.0519. The van der Waals surface area contributed by atoms with Crippen molar-refractivity contribution in [3.05, 3.63) is 59.7 Å². The molecule has 0 aliphatic carbocycles. The van der Waals surface area contributed by atoms with E-state index in [4.69, 9.17) is 11.5 Å². The molecule has 5 aromatic carbocycles. The second kappa shape index (κ2) is 5.04. The summed E-state index contributed by atoms with van der Waals surface area (Å²) in [6, 6.07) is 17.2. The van der Waals surface area contributed by atoms with Crippen molar-refractivity contribution in [2.75, 3.05) is 11.5 Å². The molecule has 0 spiro atoms. The van der Waals surface area contributed by atoms with Crippen LogP contribution < -0.4 is 11.5 Å². The van der Waals surface area contributed by atoms with Gasteiger partial charge < -0.3 is 11.5 Å². The third-order valence-electron chi connectivity index (χ3n) is 6.00. The van der Waals surface area contributed by atoms with Gasteiger partial charge in [0, 0.05) is 22.1 Å². The van der Waals surface area contributed by atoms with Crippen LogP contribution in [0.2, 0.25) is 0 Å². The van der Waals surface area contributed by atoms with Gasteiger partial charge in [-0.15, -0.1) is 0 Å². The minimum Gasteiger partial charge on any atom is -0.398 e. The highest BCUT2D eigenvalue weighted by molar-refractivity contribution is 6.36. The summed E-state index contributed by atoms with van der Waals surface area (Å²) >= 11 is 0. The van der Waals surface area contributed by atoms with Crippen LogP contribution in [0.3, 0.4) is 0 Å². The summed E-state index contributed by atoms with van der Waals surface area (Å²) in [7, 11) is 0. The summed E-state index contributed by atoms with van der Waals surface area (Å²) in [4.78, 5) is 0. The molecular weight excluding hydrogens is 328 g/mol. The molecule has 0 unspecified atom stereocenters. The van der Waals surface area contributed by atoms with E-state index in [-0.39, 0.29) is 5.41 Å². The van der Waals surface area contributed by atoms with Crippen molar-refractivity contribution in [1.29, 1.82) is 0 Å². The van der Waals surface area contributed by atoms with Gasteiger partial charge in [-0.2, -0.15) is 0 Å². The predicted octanol–water partition coefficient (Wildman–Crippen LogP) is 6.51. The van der Waals surface area contributed by atoms with E-state index in [1.807, 2.05) is 6.07 Å². The van der Waals surface area contributed by atoms with Gasteiger partial charge in [-0.1, -0.05) is 63.2 Å². The van der Waals surface area contributed by atoms with Gasteiger partial charge >= 0.3 is 0 Å². The van der Waals surface area contributed by atoms with Gasteiger partial charge in [0.25, 0.3) is 0 Å². The molecule has 0 saturated carbocycles. The Morgan fingerprint density at radius 3 is 1.93 bits per heavy atom. The molecule has 0 radical (unpaired) electrons. The first-order valence-electron chi connectivity index (χ1n) is 9.48. The van der Waals surface area contributed by atoms with Crippen LogP contribution in [-0.2, 0) is 5.41 Å². The zero-order chi connectivity index (χ0) is 19.1. The lowest BCUT2D eigenvalue weighted by Crippen LogP contribution is -2.16. The van der Waals surface area contributed by atoms with Crippen molar-refractivity contribution in [2.45, 2.75) is 33.1 Å². The molecule has 0 aliphatic rings. The Hall–Kier alpha value is -3.00. The third-order valence-corrected chi connectivity index (χ3v) is 6.00. The highest BCUT2D eigenvalue weighted by Crippen LogP contribution is 2.48. The topological polar surface area (TPSA) is 52.0 Å². The SMILES string of the molecule is Cc1c(N)c(C(C)(C)C)c2ccc(N)c3c4cccc5cccc(c1c23)c54. The van der Waals surface area contributed by atoms with E-state index in [0.717, 1.165) is 22.3 Å². The largest absolute Gasteiger partial charge is 0.398 e. The maximum atomic E-state index is 6.74. The smallest absolute Gasteiger partial charge is 0.0400 e. The van der Waals surface area contributed by atoms with Crippen molar-refractivity contribution < 1.29 is 0 Å². The molecule has 5 rings (SSSR count). The van der Waals surface area contributed by atoms with E-state index >= 15 is 0 Å². The summed E-state index contributed by atoms with van der Waals surface area (Å²) in [6.45, 7) is 8.84. The summed E-state index contributed by atoms with van der Waals surface area (Å²) in [5, 5.41) is 9.86. The van der Waals surface area contributed by atoms with E-state index in [9.17, 15) is 0 Å². The number of anilines is 2. The maximum Gasteiger partial charge on any atom is 0.0400 e. The van der Waals surface area contributed by atoms with E-state index in [2.05, 4.69) is 70.2 Å². The van der Waals surface area contributed by atoms with Crippen LogP contribution in [0.5, 0.6) is 0 Å². The minimum absolute atomic E-state index is 0.0519. The third kappa shape index (κ3) is 1.96. The number of aryl methyl sites for hydroxylation is 1. The zero-order valence-corrected chi connectivity index (χ0v) is 16.3. The molecule has 27 heavy (non-hydrogen) atoms. The zero-order valence-electron chi connectivity index (χ0n) is 16.3. The fourth-order valence-corrected chi connectivity index (χ4v) is 4.93. The number of rotatable bonds is 0. The lowest BCUT2D eigenvalue weighted by Gasteiger charge is -2.28. The van der Waals surface area contributed by atoms with Gasteiger partial charge in [0.2, 0.25) is 0 Å².